The summed E-state index contributed by atoms with van der Waals surface area (Å²) in [6, 6.07) is 0. The zero-order valence-corrected chi connectivity index (χ0v) is 11.6. The first-order valence-corrected chi connectivity index (χ1v) is 5.85. The van der Waals surface area contributed by atoms with Crippen LogP contribution in [0.2, 0.25) is 0 Å². The molecule has 92 valence electrons. The Morgan fingerprint density at radius 2 is 1.47 bits per heavy atom. The van der Waals surface area contributed by atoms with Crippen LogP contribution >= 0.6 is 0 Å². The molecule has 0 aliphatic rings. The molecule has 0 aromatic carbocycles. The summed E-state index contributed by atoms with van der Waals surface area (Å²) in [6.07, 6.45) is 0. The number of halogens is 1. The highest BCUT2D eigenvalue weighted by atomic mass is 35.5. The normalized spacial score (nSPS) is 12.2. The predicted octanol–water partition coefficient (Wildman–Crippen LogP) is -1.15. The van der Waals surface area contributed by atoms with Gasteiger partial charge in [0.2, 0.25) is 0 Å². The lowest BCUT2D eigenvalue weighted by Gasteiger charge is -2.35. The third-order valence-electron chi connectivity index (χ3n) is 2.91. The molecule has 0 aliphatic carbocycles. The second-order valence-electron chi connectivity index (χ2n) is 3.42. The molecular weight excluding hydrogens is 210 g/mol. The van der Waals surface area contributed by atoms with Crippen molar-refractivity contribution in [3.63, 3.8) is 0 Å². The Hall–Kier alpha value is -0.280. The van der Waals surface area contributed by atoms with E-state index in [0.717, 1.165) is 43.2 Å². The van der Waals surface area contributed by atoms with Crippen LogP contribution in [0, 0.1) is 0 Å². The summed E-state index contributed by atoms with van der Waals surface area (Å²) in [5.74, 6) is 1.16. The Morgan fingerprint density at radius 1 is 1.00 bits per heavy atom. The predicted molar refractivity (Wildman–Crippen MR) is 63.5 cm³/mol. The Kier molecular flexibility index (Phi) is 10.3. The summed E-state index contributed by atoms with van der Waals surface area (Å²) >= 11 is 0. The van der Waals surface area contributed by atoms with Crippen molar-refractivity contribution in [2.75, 3.05) is 32.7 Å². The maximum atomic E-state index is 4.58. The zero-order valence-electron chi connectivity index (χ0n) is 10.8. The SMILES string of the molecule is CC/N=C(\NCC)[N+](CC)(CC)CC.[Cl-]. The fraction of sp³-hybridized carbons (Fsp3) is 0.909. The first-order valence-electron chi connectivity index (χ1n) is 5.85. The molecule has 0 aromatic heterocycles. The molecule has 0 amide bonds. The van der Waals surface area contributed by atoms with Crippen LogP contribution < -0.4 is 17.7 Å². The zero-order chi connectivity index (χ0) is 11.0. The van der Waals surface area contributed by atoms with Gasteiger partial charge in [-0.2, -0.15) is 0 Å². The van der Waals surface area contributed by atoms with Crippen LogP contribution in [0.1, 0.15) is 34.6 Å². The van der Waals surface area contributed by atoms with Gasteiger partial charge in [0, 0.05) is 13.1 Å². The molecule has 0 bridgehead atoms. The molecule has 1 N–H and O–H groups in total. The molecule has 4 heteroatoms. The summed E-state index contributed by atoms with van der Waals surface area (Å²) in [5.41, 5.74) is 0. The quantitative estimate of drug-likeness (QED) is 0.364. The molecule has 3 nitrogen and oxygen atoms in total. The van der Waals surface area contributed by atoms with E-state index in [-0.39, 0.29) is 12.4 Å². The minimum absolute atomic E-state index is 0. The fourth-order valence-corrected chi connectivity index (χ4v) is 1.80. The Balaban J connectivity index is 0. The average molecular weight is 236 g/mol. The van der Waals surface area contributed by atoms with E-state index >= 15 is 0 Å². The van der Waals surface area contributed by atoms with E-state index in [1.807, 2.05) is 0 Å². The van der Waals surface area contributed by atoms with E-state index in [0.29, 0.717) is 0 Å². The van der Waals surface area contributed by atoms with Crippen molar-refractivity contribution in [2.45, 2.75) is 34.6 Å². The largest absolute Gasteiger partial charge is 1.00 e. The molecule has 0 unspecified atom stereocenters. The van der Waals surface area contributed by atoms with Gasteiger partial charge in [0.15, 0.2) is 0 Å². The van der Waals surface area contributed by atoms with Crippen LogP contribution in [-0.2, 0) is 0 Å². The number of quaternary nitrogens is 1. The van der Waals surface area contributed by atoms with Crippen molar-refractivity contribution in [3.05, 3.63) is 0 Å². The van der Waals surface area contributed by atoms with E-state index in [9.17, 15) is 0 Å². The molecule has 0 saturated heterocycles. The third kappa shape index (κ3) is 4.39. The van der Waals surface area contributed by atoms with Crippen LogP contribution in [0.3, 0.4) is 0 Å². The third-order valence-corrected chi connectivity index (χ3v) is 2.91. The average Bonchev–Trinajstić information content (AvgIpc) is 2.22. The highest BCUT2D eigenvalue weighted by Crippen LogP contribution is 2.06. The highest BCUT2D eigenvalue weighted by Gasteiger charge is 2.28. The minimum atomic E-state index is 0. The monoisotopic (exact) mass is 235 g/mol. The van der Waals surface area contributed by atoms with E-state index in [1.54, 1.807) is 0 Å². The van der Waals surface area contributed by atoms with Crippen molar-refractivity contribution in [1.82, 2.24) is 5.32 Å². The summed E-state index contributed by atoms with van der Waals surface area (Å²) in [4.78, 5) is 4.58. The van der Waals surface area contributed by atoms with Gasteiger partial charge in [-0.25, -0.2) is 4.99 Å². The maximum Gasteiger partial charge on any atom is 0.297 e. The van der Waals surface area contributed by atoms with Crippen LogP contribution in [0.5, 0.6) is 0 Å². The molecule has 0 atom stereocenters. The van der Waals surface area contributed by atoms with Gasteiger partial charge in [-0.3, -0.25) is 4.48 Å². The fourth-order valence-electron chi connectivity index (χ4n) is 1.80. The first kappa shape index (κ1) is 17.1. The molecular formula is C11H26ClN3. The number of guanidine groups is 1. The second kappa shape index (κ2) is 8.98. The lowest BCUT2D eigenvalue weighted by Crippen LogP contribution is -3.00. The van der Waals surface area contributed by atoms with Crippen LogP contribution in [0.25, 0.3) is 0 Å². The summed E-state index contributed by atoms with van der Waals surface area (Å²) in [7, 11) is 0. The number of nitrogens with zero attached hydrogens (tertiary/aromatic N) is 2. The van der Waals surface area contributed by atoms with E-state index in [1.165, 1.54) is 0 Å². The van der Waals surface area contributed by atoms with Crippen LogP contribution in [0.4, 0.5) is 0 Å². The van der Waals surface area contributed by atoms with Gasteiger partial charge in [0.25, 0.3) is 5.96 Å². The van der Waals surface area contributed by atoms with Crippen molar-refractivity contribution in [3.8, 4) is 0 Å². The molecule has 0 radical (unpaired) electrons. The first-order chi connectivity index (χ1) is 6.70. The van der Waals surface area contributed by atoms with Crippen molar-refractivity contribution < 1.29 is 16.9 Å². The molecule has 0 heterocycles. The summed E-state index contributed by atoms with van der Waals surface area (Å²) < 4.78 is 0.974. The number of hydrogen-bond acceptors (Lipinski definition) is 1. The van der Waals surface area contributed by atoms with Gasteiger partial charge in [0.1, 0.15) is 0 Å². The smallest absolute Gasteiger partial charge is 0.297 e. The lowest BCUT2D eigenvalue weighted by molar-refractivity contribution is -0.838. The summed E-state index contributed by atoms with van der Waals surface area (Å²) in [6.45, 7) is 16.1. The van der Waals surface area contributed by atoms with E-state index < -0.39 is 0 Å². The number of rotatable bonds is 5. The van der Waals surface area contributed by atoms with Gasteiger partial charge in [-0.1, -0.05) is 0 Å². The van der Waals surface area contributed by atoms with Gasteiger partial charge in [-0.15, -0.1) is 0 Å². The Bertz CT molecular complexity index is 168. The molecule has 15 heavy (non-hydrogen) atoms. The topological polar surface area (TPSA) is 24.4 Å². The number of aliphatic imine (C=N–C) groups is 1. The van der Waals surface area contributed by atoms with Gasteiger partial charge in [0.05, 0.1) is 19.6 Å². The highest BCUT2D eigenvalue weighted by molar-refractivity contribution is 5.73. The standard InChI is InChI=1S/C11H26N3.ClH/c1-6-12-11(13-7-2)14(8-3,9-4)10-5;/h6-10H2,1-5H3,(H,12,13);1H/q+1;/p-1. The van der Waals surface area contributed by atoms with Crippen molar-refractivity contribution in [2.24, 2.45) is 4.99 Å². The van der Waals surface area contributed by atoms with Gasteiger partial charge < -0.3 is 17.7 Å². The summed E-state index contributed by atoms with van der Waals surface area (Å²) in [5, 5.41) is 3.40. The molecule has 0 saturated carbocycles. The second-order valence-corrected chi connectivity index (χ2v) is 3.42. The van der Waals surface area contributed by atoms with Gasteiger partial charge in [-0.05, 0) is 34.6 Å². The van der Waals surface area contributed by atoms with Gasteiger partial charge >= 0.3 is 0 Å². The molecule has 0 aromatic rings. The maximum absolute atomic E-state index is 4.58. The molecule has 0 fully saturated rings. The Labute approximate surface area is 101 Å². The molecule has 0 rings (SSSR count). The number of hydrogen-bond donors (Lipinski definition) is 1. The van der Waals surface area contributed by atoms with E-state index in [2.05, 4.69) is 44.9 Å². The molecule has 0 aliphatic heterocycles. The number of nitrogens with one attached hydrogen (secondary N) is 1. The van der Waals surface area contributed by atoms with Crippen molar-refractivity contribution in [1.29, 1.82) is 0 Å². The molecule has 0 spiro atoms. The minimum Gasteiger partial charge on any atom is -1.00 e. The van der Waals surface area contributed by atoms with Crippen LogP contribution in [-0.4, -0.2) is 43.2 Å². The Morgan fingerprint density at radius 3 is 1.73 bits per heavy atom. The van der Waals surface area contributed by atoms with Crippen molar-refractivity contribution >= 4 is 5.96 Å². The lowest BCUT2D eigenvalue weighted by atomic mass is 10.3. The van der Waals surface area contributed by atoms with E-state index in [4.69, 9.17) is 0 Å². The van der Waals surface area contributed by atoms with Crippen LogP contribution in [0.15, 0.2) is 4.99 Å².